The number of allylic oxidation sites excluding steroid dienone is 1. The third-order valence-corrected chi connectivity index (χ3v) is 4.45. The van der Waals surface area contributed by atoms with Crippen molar-refractivity contribution >= 4 is 34.5 Å². The van der Waals surface area contributed by atoms with Crippen LogP contribution in [0.4, 0.5) is 31.5 Å². The topological polar surface area (TPSA) is 120 Å². The minimum Gasteiger partial charge on any atom is -0.404 e. The second-order valence-electron chi connectivity index (χ2n) is 6.59. The molecule has 3 aromatic rings. The van der Waals surface area contributed by atoms with E-state index in [0.29, 0.717) is 28.1 Å². The van der Waals surface area contributed by atoms with Crippen LogP contribution in [0.1, 0.15) is 5.56 Å². The summed E-state index contributed by atoms with van der Waals surface area (Å²) in [5.74, 6) is -1.44. The number of nitro groups is 1. The Kier molecular flexibility index (Phi) is 6.25. The Bertz CT molecular complexity index is 1210. The molecule has 0 aliphatic rings. The summed E-state index contributed by atoms with van der Waals surface area (Å²) in [6, 6.07) is 12.4. The molecule has 0 unspecified atom stereocenters. The van der Waals surface area contributed by atoms with Crippen molar-refractivity contribution in [1.82, 2.24) is 0 Å². The van der Waals surface area contributed by atoms with Crippen molar-refractivity contribution in [2.24, 2.45) is 10.7 Å². The Labute approximate surface area is 176 Å². The second kappa shape index (κ2) is 9.04. The van der Waals surface area contributed by atoms with Gasteiger partial charge in [0.15, 0.2) is 0 Å². The fraction of sp³-hybridized carbons (Fsp3) is 0.0455. The van der Waals surface area contributed by atoms with Gasteiger partial charge in [0.1, 0.15) is 17.3 Å². The second-order valence-corrected chi connectivity index (χ2v) is 6.59. The standard InChI is InChI=1S/C22H19F2N5O2/c1-27-12-15(11-25)13-2-5-21(22(8-13)29(30)31)28-18-7-14(6-17(26)10-18)19-4-3-16(23)9-20(19)24/h2-12,28H,25-26H2,1H3. The summed E-state index contributed by atoms with van der Waals surface area (Å²) in [5, 5.41) is 14.6. The van der Waals surface area contributed by atoms with Crippen LogP contribution in [0, 0.1) is 21.7 Å². The van der Waals surface area contributed by atoms with Crippen molar-refractivity contribution < 1.29 is 13.7 Å². The van der Waals surface area contributed by atoms with Crippen molar-refractivity contribution in [3.8, 4) is 11.1 Å². The van der Waals surface area contributed by atoms with E-state index in [0.717, 1.165) is 12.1 Å². The minimum atomic E-state index is -0.745. The molecule has 0 saturated carbocycles. The average Bonchev–Trinajstić information content (AvgIpc) is 2.71. The number of nitrogen functional groups attached to an aromatic ring is 1. The molecular formula is C22H19F2N5O2. The van der Waals surface area contributed by atoms with Crippen molar-refractivity contribution in [1.29, 1.82) is 0 Å². The Morgan fingerprint density at radius 1 is 1.13 bits per heavy atom. The van der Waals surface area contributed by atoms with Gasteiger partial charge in [0.25, 0.3) is 5.69 Å². The smallest absolute Gasteiger partial charge is 0.293 e. The lowest BCUT2D eigenvalue weighted by molar-refractivity contribution is -0.383. The lowest BCUT2D eigenvalue weighted by atomic mass is 10.0. The molecule has 7 nitrogen and oxygen atoms in total. The lowest BCUT2D eigenvalue weighted by Crippen LogP contribution is -2.00. The molecule has 0 aliphatic heterocycles. The van der Waals surface area contributed by atoms with Crippen molar-refractivity contribution in [3.05, 3.63) is 88.1 Å². The number of hydrogen-bond donors (Lipinski definition) is 3. The summed E-state index contributed by atoms with van der Waals surface area (Å²) in [4.78, 5) is 15.0. The first-order valence-electron chi connectivity index (χ1n) is 9.08. The van der Waals surface area contributed by atoms with Crippen LogP contribution in [0.3, 0.4) is 0 Å². The highest BCUT2D eigenvalue weighted by atomic mass is 19.1. The van der Waals surface area contributed by atoms with Gasteiger partial charge in [-0.05, 0) is 47.5 Å². The molecule has 31 heavy (non-hydrogen) atoms. The first kappa shape index (κ1) is 21.4. The maximum atomic E-state index is 14.2. The predicted octanol–water partition coefficient (Wildman–Crippen LogP) is 4.87. The normalized spacial score (nSPS) is 11.6. The molecule has 0 aromatic heterocycles. The fourth-order valence-electron chi connectivity index (χ4n) is 3.08. The van der Waals surface area contributed by atoms with E-state index >= 15 is 0 Å². The Hall–Kier alpha value is -4.27. The molecule has 0 heterocycles. The fourth-order valence-corrected chi connectivity index (χ4v) is 3.08. The Balaban J connectivity index is 2.02. The van der Waals surface area contributed by atoms with Crippen molar-refractivity contribution in [3.63, 3.8) is 0 Å². The summed E-state index contributed by atoms with van der Waals surface area (Å²) in [5.41, 5.74) is 13.8. The SMILES string of the molecule is CN=CC(=CN)c1ccc(Nc2cc(N)cc(-c3ccc(F)cc3F)c2)c([N+](=O)[O-])c1. The number of anilines is 3. The van der Waals surface area contributed by atoms with Crippen LogP contribution >= 0.6 is 0 Å². The maximum Gasteiger partial charge on any atom is 0.293 e. The van der Waals surface area contributed by atoms with Crippen LogP contribution in [0.2, 0.25) is 0 Å². The highest BCUT2D eigenvalue weighted by Crippen LogP contribution is 2.34. The van der Waals surface area contributed by atoms with Gasteiger partial charge in [0, 0.05) is 54.1 Å². The van der Waals surface area contributed by atoms with E-state index in [-0.39, 0.29) is 16.9 Å². The molecule has 0 fully saturated rings. The molecule has 0 spiro atoms. The monoisotopic (exact) mass is 423 g/mol. The summed E-state index contributed by atoms with van der Waals surface area (Å²) >= 11 is 0. The largest absolute Gasteiger partial charge is 0.404 e. The number of aliphatic imine (C=N–C) groups is 1. The van der Waals surface area contributed by atoms with Gasteiger partial charge in [0.2, 0.25) is 0 Å². The van der Waals surface area contributed by atoms with Gasteiger partial charge in [-0.15, -0.1) is 0 Å². The number of benzene rings is 3. The summed E-state index contributed by atoms with van der Waals surface area (Å²) in [6.45, 7) is 0. The van der Waals surface area contributed by atoms with Crippen LogP contribution in [0.5, 0.6) is 0 Å². The molecule has 0 aliphatic carbocycles. The Morgan fingerprint density at radius 3 is 2.55 bits per heavy atom. The molecular weight excluding hydrogens is 404 g/mol. The van der Waals surface area contributed by atoms with Crippen LogP contribution in [-0.4, -0.2) is 18.2 Å². The van der Waals surface area contributed by atoms with Crippen LogP contribution in [0.15, 0.2) is 65.8 Å². The van der Waals surface area contributed by atoms with Crippen LogP contribution in [0.25, 0.3) is 16.7 Å². The molecule has 0 amide bonds. The molecule has 0 radical (unpaired) electrons. The number of rotatable bonds is 6. The molecule has 9 heteroatoms. The van der Waals surface area contributed by atoms with Gasteiger partial charge in [-0.3, -0.25) is 15.1 Å². The first-order chi connectivity index (χ1) is 14.8. The zero-order valence-electron chi connectivity index (χ0n) is 16.5. The minimum absolute atomic E-state index is 0.151. The van der Waals surface area contributed by atoms with Gasteiger partial charge in [-0.25, -0.2) is 8.78 Å². The van der Waals surface area contributed by atoms with Gasteiger partial charge < -0.3 is 16.8 Å². The quantitative estimate of drug-likeness (QED) is 0.226. The van der Waals surface area contributed by atoms with Gasteiger partial charge in [0.05, 0.1) is 4.92 Å². The molecule has 158 valence electrons. The van der Waals surface area contributed by atoms with E-state index in [2.05, 4.69) is 10.3 Å². The number of nitrogens with two attached hydrogens (primary N) is 2. The van der Waals surface area contributed by atoms with E-state index in [1.54, 1.807) is 25.2 Å². The average molecular weight is 423 g/mol. The van der Waals surface area contributed by atoms with Crippen LogP contribution < -0.4 is 16.8 Å². The van der Waals surface area contributed by atoms with Crippen LogP contribution in [-0.2, 0) is 0 Å². The van der Waals surface area contributed by atoms with Crippen molar-refractivity contribution in [2.75, 3.05) is 18.1 Å². The number of nitrogens with one attached hydrogen (secondary N) is 1. The molecule has 3 aromatic carbocycles. The number of hydrogen-bond acceptors (Lipinski definition) is 6. The summed E-state index contributed by atoms with van der Waals surface area (Å²) in [6.07, 6.45) is 2.80. The van der Waals surface area contributed by atoms with E-state index in [9.17, 15) is 18.9 Å². The van der Waals surface area contributed by atoms with Gasteiger partial charge >= 0.3 is 0 Å². The molecule has 3 rings (SSSR count). The van der Waals surface area contributed by atoms with Crippen molar-refractivity contribution in [2.45, 2.75) is 0 Å². The first-order valence-corrected chi connectivity index (χ1v) is 9.08. The molecule has 0 saturated heterocycles. The zero-order valence-corrected chi connectivity index (χ0v) is 16.5. The summed E-state index contributed by atoms with van der Waals surface area (Å²) < 4.78 is 27.4. The number of halogens is 2. The lowest BCUT2D eigenvalue weighted by Gasteiger charge is -2.12. The highest BCUT2D eigenvalue weighted by Gasteiger charge is 2.17. The summed E-state index contributed by atoms with van der Waals surface area (Å²) in [7, 11) is 1.56. The van der Waals surface area contributed by atoms with Gasteiger partial charge in [-0.2, -0.15) is 0 Å². The van der Waals surface area contributed by atoms with E-state index in [1.807, 2.05) is 0 Å². The molecule has 5 N–H and O–H groups in total. The third kappa shape index (κ3) is 4.84. The third-order valence-electron chi connectivity index (χ3n) is 4.45. The van der Waals surface area contributed by atoms with E-state index < -0.39 is 16.6 Å². The Morgan fingerprint density at radius 2 is 1.90 bits per heavy atom. The zero-order chi connectivity index (χ0) is 22.5. The predicted molar refractivity (Wildman–Crippen MR) is 119 cm³/mol. The van der Waals surface area contributed by atoms with Gasteiger partial charge in [-0.1, -0.05) is 6.07 Å². The molecule has 0 bridgehead atoms. The number of nitro benzene ring substituents is 1. The molecule has 0 atom stereocenters. The maximum absolute atomic E-state index is 14.2. The van der Waals surface area contributed by atoms with E-state index in [4.69, 9.17) is 11.5 Å². The number of nitrogens with zero attached hydrogens (tertiary/aromatic N) is 2. The van der Waals surface area contributed by atoms with E-state index in [1.165, 1.54) is 36.7 Å². The highest BCUT2D eigenvalue weighted by molar-refractivity contribution is 6.10.